The molecule has 24 heavy (non-hydrogen) atoms. The Morgan fingerprint density at radius 3 is 3.04 bits per heavy atom. The summed E-state index contributed by atoms with van der Waals surface area (Å²) in [5, 5.41) is 10.1. The third kappa shape index (κ3) is 4.11. The van der Waals surface area contributed by atoms with E-state index in [9.17, 15) is 4.79 Å². The minimum atomic E-state index is -0.205. The van der Waals surface area contributed by atoms with E-state index in [1.165, 1.54) is 6.33 Å². The monoisotopic (exact) mass is 329 g/mol. The molecule has 2 atom stereocenters. The van der Waals surface area contributed by atoms with Crippen LogP contribution in [0.25, 0.3) is 0 Å². The summed E-state index contributed by atoms with van der Waals surface area (Å²) in [5.41, 5.74) is 1.75. The normalized spacial score (nSPS) is 18.3. The van der Waals surface area contributed by atoms with Gasteiger partial charge in [0.15, 0.2) is 0 Å². The molecule has 0 radical (unpaired) electrons. The van der Waals surface area contributed by atoms with Gasteiger partial charge in [-0.3, -0.25) is 0 Å². The van der Waals surface area contributed by atoms with Crippen molar-refractivity contribution >= 4 is 11.7 Å². The van der Waals surface area contributed by atoms with Gasteiger partial charge in [0.1, 0.15) is 12.7 Å². The fraction of sp³-hybridized carbons (Fsp3) is 0.471. The minimum Gasteiger partial charge on any atom is -0.376 e. The van der Waals surface area contributed by atoms with Crippen molar-refractivity contribution in [3.63, 3.8) is 0 Å². The topological polar surface area (TPSA) is 81.1 Å². The molecule has 3 rings (SSSR count). The highest BCUT2D eigenvalue weighted by Crippen LogP contribution is 2.19. The first-order valence-electron chi connectivity index (χ1n) is 8.35. The van der Waals surface area contributed by atoms with Gasteiger partial charge in [0.2, 0.25) is 0 Å². The zero-order valence-electron chi connectivity index (χ0n) is 13.8. The van der Waals surface area contributed by atoms with Crippen LogP contribution in [0.2, 0.25) is 0 Å². The maximum Gasteiger partial charge on any atom is 0.319 e. The number of nitrogens with zero attached hydrogens (tertiary/aromatic N) is 3. The number of hydrogen-bond donors (Lipinski definition) is 2. The smallest absolute Gasteiger partial charge is 0.319 e. The lowest BCUT2D eigenvalue weighted by Crippen LogP contribution is -2.44. The van der Waals surface area contributed by atoms with E-state index in [1.54, 1.807) is 11.0 Å². The second-order valence-corrected chi connectivity index (χ2v) is 5.91. The molecule has 128 valence electrons. The summed E-state index contributed by atoms with van der Waals surface area (Å²) < 4.78 is 7.41. The predicted molar refractivity (Wildman–Crippen MR) is 90.8 cm³/mol. The number of carbonyl (C=O) groups is 1. The number of benzene rings is 1. The standard InChI is InChI=1S/C17H23N5O2/c1-2-14(16-8-5-9-24-16)20-17(23)21-15-7-4-3-6-13(15)10-22-12-18-11-19-22/h3-4,6-7,11-12,14,16H,2,5,8-10H2,1H3,(H2,20,21,23)/t14-,16+/m0/s1. The van der Waals surface area contributed by atoms with Crippen molar-refractivity contribution < 1.29 is 9.53 Å². The highest BCUT2D eigenvalue weighted by molar-refractivity contribution is 5.90. The van der Waals surface area contributed by atoms with Gasteiger partial charge in [-0.15, -0.1) is 0 Å². The van der Waals surface area contributed by atoms with Crippen LogP contribution in [-0.4, -0.2) is 39.5 Å². The Hall–Kier alpha value is -2.41. The molecule has 2 heterocycles. The van der Waals surface area contributed by atoms with Crippen LogP contribution in [0.5, 0.6) is 0 Å². The number of amides is 2. The lowest BCUT2D eigenvalue weighted by molar-refractivity contribution is 0.0804. The van der Waals surface area contributed by atoms with Crippen LogP contribution in [0.15, 0.2) is 36.9 Å². The predicted octanol–water partition coefficient (Wildman–Crippen LogP) is 2.41. The zero-order valence-corrected chi connectivity index (χ0v) is 13.8. The van der Waals surface area contributed by atoms with Gasteiger partial charge in [-0.1, -0.05) is 25.1 Å². The SMILES string of the molecule is CC[C@H](NC(=O)Nc1ccccc1Cn1cncn1)[C@H]1CCCO1. The quantitative estimate of drug-likeness (QED) is 0.853. The Bertz CT molecular complexity index is 653. The average molecular weight is 329 g/mol. The number of anilines is 1. The molecule has 0 aliphatic carbocycles. The second kappa shape index (κ2) is 7.92. The van der Waals surface area contributed by atoms with Crippen LogP contribution in [0.3, 0.4) is 0 Å². The molecular weight excluding hydrogens is 306 g/mol. The fourth-order valence-electron chi connectivity index (χ4n) is 2.97. The molecule has 0 unspecified atom stereocenters. The molecule has 1 saturated heterocycles. The summed E-state index contributed by atoms with van der Waals surface area (Å²) in [6, 6.07) is 7.53. The van der Waals surface area contributed by atoms with Crippen molar-refractivity contribution in [3.8, 4) is 0 Å². The van der Waals surface area contributed by atoms with Crippen molar-refractivity contribution in [2.75, 3.05) is 11.9 Å². The van der Waals surface area contributed by atoms with Crippen LogP contribution >= 0.6 is 0 Å². The number of rotatable bonds is 6. The number of para-hydroxylation sites is 1. The van der Waals surface area contributed by atoms with E-state index in [2.05, 4.69) is 27.6 Å². The average Bonchev–Trinajstić information content (AvgIpc) is 3.28. The first-order valence-corrected chi connectivity index (χ1v) is 8.35. The Labute approximate surface area is 141 Å². The molecular formula is C17H23N5O2. The molecule has 1 fully saturated rings. The summed E-state index contributed by atoms with van der Waals surface area (Å²) in [6.07, 6.45) is 6.18. The third-order valence-electron chi connectivity index (χ3n) is 4.23. The third-order valence-corrected chi connectivity index (χ3v) is 4.23. The van der Waals surface area contributed by atoms with E-state index >= 15 is 0 Å². The first-order chi connectivity index (χ1) is 11.8. The molecule has 0 saturated carbocycles. The number of carbonyl (C=O) groups excluding carboxylic acids is 1. The van der Waals surface area contributed by atoms with E-state index in [0.29, 0.717) is 6.54 Å². The molecule has 0 bridgehead atoms. The highest BCUT2D eigenvalue weighted by Gasteiger charge is 2.26. The number of nitrogens with one attached hydrogen (secondary N) is 2. The van der Waals surface area contributed by atoms with E-state index in [4.69, 9.17) is 4.74 Å². The van der Waals surface area contributed by atoms with E-state index in [0.717, 1.165) is 37.1 Å². The Morgan fingerprint density at radius 2 is 2.33 bits per heavy atom. The Balaban J connectivity index is 1.63. The van der Waals surface area contributed by atoms with Gasteiger partial charge in [0, 0.05) is 12.3 Å². The molecule has 1 aromatic heterocycles. The molecule has 2 N–H and O–H groups in total. The molecule has 2 amide bonds. The van der Waals surface area contributed by atoms with Crippen molar-refractivity contribution in [1.82, 2.24) is 20.1 Å². The van der Waals surface area contributed by atoms with Gasteiger partial charge in [-0.25, -0.2) is 14.5 Å². The summed E-state index contributed by atoms with van der Waals surface area (Å²) in [6.45, 7) is 3.40. The number of hydrogen-bond acceptors (Lipinski definition) is 4. The van der Waals surface area contributed by atoms with Gasteiger partial charge in [-0.05, 0) is 30.9 Å². The number of ether oxygens (including phenoxy) is 1. The Kier molecular flexibility index (Phi) is 5.43. The first kappa shape index (κ1) is 16.4. The maximum atomic E-state index is 12.4. The summed E-state index contributed by atoms with van der Waals surface area (Å²) in [4.78, 5) is 16.3. The van der Waals surface area contributed by atoms with E-state index in [1.807, 2.05) is 24.3 Å². The lowest BCUT2D eigenvalue weighted by Gasteiger charge is -2.23. The van der Waals surface area contributed by atoms with Crippen molar-refractivity contribution in [2.24, 2.45) is 0 Å². The zero-order chi connectivity index (χ0) is 16.8. The fourth-order valence-corrected chi connectivity index (χ4v) is 2.97. The molecule has 1 aliphatic heterocycles. The number of aromatic nitrogens is 3. The highest BCUT2D eigenvalue weighted by atomic mass is 16.5. The van der Waals surface area contributed by atoms with Gasteiger partial charge in [0.25, 0.3) is 0 Å². The maximum absolute atomic E-state index is 12.4. The number of urea groups is 1. The van der Waals surface area contributed by atoms with Crippen LogP contribution in [-0.2, 0) is 11.3 Å². The summed E-state index contributed by atoms with van der Waals surface area (Å²) in [7, 11) is 0. The van der Waals surface area contributed by atoms with Gasteiger partial charge >= 0.3 is 6.03 Å². The van der Waals surface area contributed by atoms with Gasteiger partial charge in [-0.2, -0.15) is 5.10 Å². The van der Waals surface area contributed by atoms with Crippen molar-refractivity contribution in [1.29, 1.82) is 0 Å². The largest absolute Gasteiger partial charge is 0.376 e. The van der Waals surface area contributed by atoms with E-state index < -0.39 is 0 Å². The van der Waals surface area contributed by atoms with Crippen LogP contribution in [0, 0.1) is 0 Å². The summed E-state index contributed by atoms with van der Waals surface area (Å²) in [5.74, 6) is 0. The van der Waals surface area contributed by atoms with Gasteiger partial charge < -0.3 is 15.4 Å². The lowest BCUT2D eigenvalue weighted by atomic mass is 10.1. The molecule has 7 heteroatoms. The molecule has 1 aliphatic rings. The van der Waals surface area contributed by atoms with Crippen molar-refractivity contribution in [3.05, 3.63) is 42.5 Å². The summed E-state index contributed by atoms with van der Waals surface area (Å²) >= 11 is 0. The van der Waals surface area contributed by atoms with Crippen LogP contribution in [0.1, 0.15) is 31.7 Å². The molecule has 7 nitrogen and oxygen atoms in total. The van der Waals surface area contributed by atoms with Crippen LogP contribution in [0.4, 0.5) is 10.5 Å². The minimum absolute atomic E-state index is 0.0370. The molecule has 2 aromatic rings. The van der Waals surface area contributed by atoms with Gasteiger partial charge in [0.05, 0.1) is 18.7 Å². The Morgan fingerprint density at radius 1 is 1.46 bits per heavy atom. The molecule has 0 spiro atoms. The van der Waals surface area contributed by atoms with Crippen molar-refractivity contribution in [2.45, 2.75) is 44.9 Å². The van der Waals surface area contributed by atoms with E-state index in [-0.39, 0.29) is 18.2 Å². The second-order valence-electron chi connectivity index (χ2n) is 5.91. The van der Waals surface area contributed by atoms with Crippen LogP contribution < -0.4 is 10.6 Å². The molecule has 1 aromatic carbocycles.